The lowest BCUT2D eigenvalue weighted by molar-refractivity contribution is 0.269. The van der Waals surface area contributed by atoms with Crippen molar-refractivity contribution in [2.45, 2.75) is 32.7 Å². The fourth-order valence-corrected chi connectivity index (χ4v) is 2.76. The summed E-state index contributed by atoms with van der Waals surface area (Å²) in [5, 5.41) is 5.84. The zero-order valence-corrected chi connectivity index (χ0v) is 14.7. The van der Waals surface area contributed by atoms with Gasteiger partial charge in [-0.1, -0.05) is 28.1 Å². The second kappa shape index (κ2) is 7.76. The van der Waals surface area contributed by atoms with Crippen molar-refractivity contribution in [2.24, 2.45) is 0 Å². The van der Waals surface area contributed by atoms with Crippen LogP contribution in [0.4, 0.5) is 5.82 Å². The van der Waals surface area contributed by atoms with Crippen LogP contribution in [0.25, 0.3) is 10.8 Å². The highest BCUT2D eigenvalue weighted by Crippen LogP contribution is 2.27. The maximum Gasteiger partial charge on any atom is 0.133 e. The van der Waals surface area contributed by atoms with Gasteiger partial charge in [0.1, 0.15) is 5.82 Å². The molecule has 114 valence electrons. The maximum absolute atomic E-state index is 4.47. The topological polar surface area (TPSA) is 28.2 Å². The predicted molar refractivity (Wildman–Crippen MR) is 94.9 cm³/mol. The minimum atomic E-state index is 0.620. The Kier molecular flexibility index (Phi) is 6.00. The van der Waals surface area contributed by atoms with E-state index in [9.17, 15) is 0 Å². The van der Waals surface area contributed by atoms with E-state index in [1.54, 1.807) is 0 Å². The average molecular weight is 350 g/mol. The highest BCUT2D eigenvalue weighted by Gasteiger charge is 2.05. The van der Waals surface area contributed by atoms with E-state index < -0.39 is 0 Å². The van der Waals surface area contributed by atoms with Gasteiger partial charge in [-0.15, -0.1) is 0 Å². The Hall–Kier alpha value is -1.13. The third-order valence-electron chi connectivity index (χ3n) is 3.86. The van der Waals surface area contributed by atoms with Crippen molar-refractivity contribution in [2.75, 3.05) is 25.5 Å². The maximum atomic E-state index is 4.47. The highest BCUT2D eigenvalue weighted by atomic mass is 79.9. The van der Waals surface area contributed by atoms with Crippen molar-refractivity contribution in [1.82, 2.24) is 9.88 Å². The highest BCUT2D eigenvalue weighted by molar-refractivity contribution is 9.10. The SMILES string of the molecule is CC(C)N(C)CCCCNc1nccc2c(Br)cccc12. The molecule has 1 aromatic carbocycles. The number of aromatic nitrogens is 1. The van der Waals surface area contributed by atoms with Crippen LogP contribution < -0.4 is 5.32 Å². The second-order valence-electron chi connectivity index (χ2n) is 5.70. The fraction of sp³-hybridized carbons (Fsp3) is 0.471. The van der Waals surface area contributed by atoms with Crippen molar-refractivity contribution in [3.8, 4) is 0 Å². The molecule has 0 fully saturated rings. The second-order valence-corrected chi connectivity index (χ2v) is 6.56. The average Bonchev–Trinajstić information content (AvgIpc) is 2.47. The smallest absolute Gasteiger partial charge is 0.133 e. The van der Waals surface area contributed by atoms with E-state index in [0.29, 0.717) is 6.04 Å². The summed E-state index contributed by atoms with van der Waals surface area (Å²) in [4.78, 5) is 6.85. The number of nitrogens with zero attached hydrogens (tertiary/aromatic N) is 2. The van der Waals surface area contributed by atoms with Gasteiger partial charge in [0.15, 0.2) is 0 Å². The standard InChI is InChI=1S/C17H24BrN3/c1-13(2)21(3)12-5-4-10-19-17-15-7-6-8-16(18)14(15)9-11-20-17/h6-9,11,13H,4-5,10,12H2,1-3H3,(H,19,20). The van der Waals surface area contributed by atoms with Gasteiger partial charge in [-0.05, 0) is 52.4 Å². The summed E-state index contributed by atoms with van der Waals surface area (Å²) in [5.41, 5.74) is 0. The molecule has 0 aliphatic carbocycles. The summed E-state index contributed by atoms with van der Waals surface area (Å²) in [6.07, 6.45) is 4.22. The molecular formula is C17H24BrN3. The number of halogens is 1. The molecule has 0 unspecified atom stereocenters. The monoisotopic (exact) mass is 349 g/mol. The molecule has 0 saturated carbocycles. The van der Waals surface area contributed by atoms with E-state index in [1.807, 2.05) is 12.3 Å². The molecule has 1 N–H and O–H groups in total. The number of unbranched alkanes of at least 4 members (excludes halogenated alkanes) is 1. The molecule has 1 heterocycles. The molecule has 0 bridgehead atoms. The third kappa shape index (κ3) is 4.42. The van der Waals surface area contributed by atoms with Gasteiger partial charge in [0, 0.05) is 34.0 Å². The molecule has 0 spiro atoms. The number of hydrogen-bond acceptors (Lipinski definition) is 3. The van der Waals surface area contributed by atoms with Gasteiger partial charge in [-0.3, -0.25) is 0 Å². The van der Waals surface area contributed by atoms with Crippen LogP contribution in [0.3, 0.4) is 0 Å². The Balaban J connectivity index is 1.88. The summed E-state index contributed by atoms with van der Waals surface area (Å²) >= 11 is 3.59. The summed E-state index contributed by atoms with van der Waals surface area (Å²) in [5.74, 6) is 0.978. The largest absolute Gasteiger partial charge is 0.370 e. The Morgan fingerprint density at radius 2 is 2.00 bits per heavy atom. The number of hydrogen-bond donors (Lipinski definition) is 1. The molecule has 0 radical (unpaired) electrons. The van der Waals surface area contributed by atoms with Crippen molar-refractivity contribution in [3.05, 3.63) is 34.9 Å². The Labute approximate surface area is 135 Å². The Morgan fingerprint density at radius 3 is 2.76 bits per heavy atom. The molecule has 0 amide bonds. The van der Waals surface area contributed by atoms with Crippen LogP contribution in [0, 0.1) is 0 Å². The van der Waals surface area contributed by atoms with Crippen LogP contribution in [0.1, 0.15) is 26.7 Å². The Bertz CT molecular complexity index is 583. The molecule has 4 heteroatoms. The number of anilines is 1. The lowest BCUT2D eigenvalue weighted by atomic mass is 10.1. The predicted octanol–water partition coefficient (Wildman–Crippen LogP) is 4.53. The van der Waals surface area contributed by atoms with Gasteiger partial charge in [-0.2, -0.15) is 0 Å². The molecule has 0 aliphatic rings. The normalized spacial score (nSPS) is 11.5. The molecule has 1 aromatic heterocycles. The van der Waals surface area contributed by atoms with Gasteiger partial charge in [-0.25, -0.2) is 4.98 Å². The van der Waals surface area contributed by atoms with Crippen molar-refractivity contribution < 1.29 is 0 Å². The van der Waals surface area contributed by atoms with E-state index in [1.165, 1.54) is 17.2 Å². The van der Waals surface area contributed by atoms with E-state index in [2.05, 4.69) is 70.2 Å². The van der Waals surface area contributed by atoms with Gasteiger partial charge in [0.25, 0.3) is 0 Å². The van der Waals surface area contributed by atoms with Crippen molar-refractivity contribution in [3.63, 3.8) is 0 Å². The van der Waals surface area contributed by atoms with Crippen LogP contribution >= 0.6 is 15.9 Å². The molecule has 0 aliphatic heterocycles. The van der Waals surface area contributed by atoms with E-state index in [0.717, 1.165) is 29.8 Å². The number of fused-ring (bicyclic) bond motifs is 1. The van der Waals surface area contributed by atoms with Crippen LogP contribution in [0.2, 0.25) is 0 Å². The summed E-state index contributed by atoms with van der Waals surface area (Å²) in [6, 6.07) is 8.89. The number of pyridine rings is 1. The van der Waals surface area contributed by atoms with Gasteiger partial charge in [0.2, 0.25) is 0 Å². The van der Waals surface area contributed by atoms with Crippen LogP contribution in [0.5, 0.6) is 0 Å². The van der Waals surface area contributed by atoms with E-state index in [-0.39, 0.29) is 0 Å². The summed E-state index contributed by atoms with van der Waals surface area (Å²) in [6.45, 7) is 6.57. The molecule has 0 saturated heterocycles. The molecule has 21 heavy (non-hydrogen) atoms. The lowest BCUT2D eigenvalue weighted by Crippen LogP contribution is -2.27. The number of rotatable bonds is 7. The van der Waals surface area contributed by atoms with E-state index >= 15 is 0 Å². The first-order valence-corrected chi connectivity index (χ1v) is 8.36. The minimum absolute atomic E-state index is 0.620. The fourth-order valence-electron chi connectivity index (χ4n) is 2.26. The van der Waals surface area contributed by atoms with E-state index in [4.69, 9.17) is 0 Å². The quantitative estimate of drug-likeness (QED) is 0.744. The minimum Gasteiger partial charge on any atom is -0.370 e. The van der Waals surface area contributed by atoms with Crippen LogP contribution in [-0.4, -0.2) is 36.1 Å². The molecule has 2 aromatic rings. The zero-order chi connectivity index (χ0) is 15.2. The molecule has 3 nitrogen and oxygen atoms in total. The first-order chi connectivity index (χ1) is 10.1. The van der Waals surface area contributed by atoms with Crippen molar-refractivity contribution >= 4 is 32.5 Å². The van der Waals surface area contributed by atoms with Gasteiger partial charge >= 0.3 is 0 Å². The van der Waals surface area contributed by atoms with Crippen LogP contribution in [0.15, 0.2) is 34.9 Å². The summed E-state index contributed by atoms with van der Waals surface area (Å²) < 4.78 is 1.11. The van der Waals surface area contributed by atoms with Crippen LogP contribution in [-0.2, 0) is 0 Å². The number of benzene rings is 1. The molecular weight excluding hydrogens is 326 g/mol. The first-order valence-electron chi connectivity index (χ1n) is 7.57. The van der Waals surface area contributed by atoms with Crippen molar-refractivity contribution in [1.29, 1.82) is 0 Å². The first kappa shape index (κ1) is 16.2. The molecule has 0 atom stereocenters. The van der Waals surface area contributed by atoms with Gasteiger partial charge in [0.05, 0.1) is 0 Å². The zero-order valence-electron chi connectivity index (χ0n) is 13.1. The lowest BCUT2D eigenvalue weighted by Gasteiger charge is -2.20. The van der Waals surface area contributed by atoms with Gasteiger partial charge < -0.3 is 10.2 Å². The molecule has 2 rings (SSSR count). The third-order valence-corrected chi connectivity index (χ3v) is 4.56. The Morgan fingerprint density at radius 1 is 1.19 bits per heavy atom. The number of nitrogens with one attached hydrogen (secondary N) is 1. The summed E-state index contributed by atoms with van der Waals surface area (Å²) in [7, 11) is 2.18.